The molecule has 1 aromatic carbocycles. The van der Waals surface area contributed by atoms with Crippen LogP contribution in [0.3, 0.4) is 0 Å². The van der Waals surface area contributed by atoms with Gasteiger partial charge in [-0.15, -0.1) is 0 Å². The molecule has 0 heterocycles. The van der Waals surface area contributed by atoms with Crippen molar-refractivity contribution >= 4 is 6.08 Å². The Labute approximate surface area is 104 Å². The summed E-state index contributed by atoms with van der Waals surface area (Å²) in [5.74, 6) is 0.570. The molecule has 0 saturated carbocycles. The SMILES string of the molecule is CCCC/C=C/c1c(C)c(O)c(C)c(C)c1O. The molecule has 2 nitrogen and oxygen atoms in total. The molecule has 0 bridgehead atoms. The van der Waals surface area contributed by atoms with Gasteiger partial charge in [-0.25, -0.2) is 0 Å². The van der Waals surface area contributed by atoms with Crippen molar-refractivity contribution in [1.29, 1.82) is 0 Å². The summed E-state index contributed by atoms with van der Waals surface area (Å²) < 4.78 is 0. The highest BCUT2D eigenvalue weighted by molar-refractivity contribution is 5.68. The quantitative estimate of drug-likeness (QED) is 0.604. The van der Waals surface area contributed by atoms with Crippen LogP contribution in [0.4, 0.5) is 0 Å². The molecule has 0 amide bonds. The molecule has 1 aromatic rings. The fourth-order valence-electron chi connectivity index (χ4n) is 1.87. The molecule has 0 fully saturated rings. The van der Waals surface area contributed by atoms with Crippen LogP contribution in [0.2, 0.25) is 0 Å². The van der Waals surface area contributed by atoms with Gasteiger partial charge >= 0.3 is 0 Å². The van der Waals surface area contributed by atoms with E-state index in [2.05, 4.69) is 13.0 Å². The van der Waals surface area contributed by atoms with Gasteiger partial charge in [-0.2, -0.15) is 0 Å². The van der Waals surface area contributed by atoms with Gasteiger partial charge in [-0.3, -0.25) is 0 Å². The van der Waals surface area contributed by atoms with Crippen LogP contribution in [0.25, 0.3) is 6.08 Å². The zero-order valence-corrected chi connectivity index (χ0v) is 11.2. The van der Waals surface area contributed by atoms with Gasteiger partial charge in [0.05, 0.1) is 0 Å². The Bertz CT molecular complexity index is 402. The first-order valence-corrected chi connectivity index (χ1v) is 6.18. The molecule has 0 spiro atoms. The molecule has 17 heavy (non-hydrogen) atoms. The van der Waals surface area contributed by atoms with Crippen LogP contribution >= 0.6 is 0 Å². The van der Waals surface area contributed by atoms with Crippen LogP contribution in [0, 0.1) is 20.8 Å². The second-order valence-electron chi connectivity index (χ2n) is 4.53. The van der Waals surface area contributed by atoms with E-state index in [0.29, 0.717) is 0 Å². The molecular weight excluding hydrogens is 212 g/mol. The summed E-state index contributed by atoms with van der Waals surface area (Å²) in [6, 6.07) is 0. The molecule has 0 saturated heterocycles. The first-order chi connectivity index (χ1) is 8.00. The van der Waals surface area contributed by atoms with Gasteiger partial charge in [0.1, 0.15) is 11.5 Å². The zero-order chi connectivity index (χ0) is 13.0. The van der Waals surface area contributed by atoms with E-state index in [1.807, 2.05) is 26.8 Å². The normalized spacial score (nSPS) is 11.3. The lowest BCUT2D eigenvalue weighted by Crippen LogP contribution is -1.92. The summed E-state index contributed by atoms with van der Waals surface area (Å²) in [7, 11) is 0. The minimum absolute atomic E-state index is 0.283. The van der Waals surface area contributed by atoms with Crippen molar-refractivity contribution in [2.24, 2.45) is 0 Å². The Morgan fingerprint density at radius 2 is 1.53 bits per heavy atom. The molecule has 2 heteroatoms. The molecule has 2 N–H and O–H groups in total. The van der Waals surface area contributed by atoms with E-state index in [4.69, 9.17) is 0 Å². The topological polar surface area (TPSA) is 40.5 Å². The maximum atomic E-state index is 10.1. The van der Waals surface area contributed by atoms with E-state index in [9.17, 15) is 10.2 Å². The van der Waals surface area contributed by atoms with Gasteiger partial charge in [-0.1, -0.05) is 31.9 Å². The summed E-state index contributed by atoms with van der Waals surface area (Å²) in [5, 5.41) is 20.0. The van der Waals surface area contributed by atoms with Crippen molar-refractivity contribution in [3.05, 3.63) is 28.3 Å². The smallest absolute Gasteiger partial charge is 0.126 e. The average molecular weight is 234 g/mol. The number of unbranched alkanes of at least 4 members (excludes halogenated alkanes) is 2. The summed E-state index contributed by atoms with van der Waals surface area (Å²) in [6.45, 7) is 7.63. The standard InChI is InChI=1S/C15H22O2/c1-5-6-7-8-9-13-12(4)14(16)10(2)11(3)15(13)17/h8-9,16-17H,5-7H2,1-4H3/b9-8+. The van der Waals surface area contributed by atoms with Crippen molar-refractivity contribution in [2.45, 2.75) is 47.0 Å². The molecule has 0 radical (unpaired) electrons. The predicted octanol–water partition coefficient (Wildman–Crippen LogP) is 4.23. The predicted molar refractivity (Wildman–Crippen MR) is 72.5 cm³/mol. The molecule has 0 atom stereocenters. The lowest BCUT2D eigenvalue weighted by atomic mass is 9.97. The number of hydrogen-bond acceptors (Lipinski definition) is 2. The summed E-state index contributed by atoms with van der Waals surface area (Å²) >= 11 is 0. The largest absolute Gasteiger partial charge is 0.507 e. The van der Waals surface area contributed by atoms with E-state index < -0.39 is 0 Å². The van der Waals surface area contributed by atoms with Gasteiger partial charge in [0.2, 0.25) is 0 Å². The molecule has 94 valence electrons. The number of allylic oxidation sites excluding steroid dienone is 1. The molecule has 0 aliphatic carbocycles. The summed E-state index contributed by atoms with van der Waals surface area (Å²) in [6.07, 6.45) is 7.27. The third-order valence-electron chi connectivity index (χ3n) is 3.30. The van der Waals surface area contributed by atoms with E-state index in [0.717, 1.165) is 41.5 Å². The van der Waals surface area contributed by atoms with Crippen molar-refractivity contribution in [3.8, 4) is 11.5 Å². The van der Waals surface area contributed by atoms with Crippen LogP contribution in [0.5, 0.6) is 11.5 Å². The van der Waals surface area contributed by atoms with Crippen LogP contribution in [-0.2, 0) is 0 Å². The van der Waals surface area contributed by atoms with Crippen LogP contribution < -0.4 is 0 Å². The number of hydrogen-bond donors (Lipinski definition) is 2. The highest BCUT2D eigenvalue weighted by atomic mass is 16.3. The average Bonchev–Trinajstić information content (AvgIpc) is 2.33. The second-order valence-corrected chi connectivity index (χ2v) is 4.53. The van der Waals surface area contributed by atoms with Gasteiger partial charge in [-0.05, 0) is 38.3 Å². The molecule has 0 aliphatic rings. The fraction of sp³-hybridized carbons (Fsp3) is 0.467. The van der Waals surface area contributed by atoms with Crippen LogP contribution in [0.1, 0.15) is 48.4 Å². The van der Waals surface area contributed by atoms with E-state index in [1.165, 1.54) is 0 Å². The van der Waals surface area contributed by atoms with Gasteiger partial charge in [0.15, 0.2) is 0 Å². The Kier molecular flexibility index (Phi) is 4.62. The molecular formula is C15H22O2. The van der Waals surface area contributed by atoms with Crippen molar-refractivity contribution < 1.29 is 10.2 Å². The first kappa shape index (κ1) is 13.6. The minimum atomic E-state index is 0.283. The Balaban J connectivity index is 3.12. The number of benzene rings is 1. The number of aromatic hydroxyl groups is 2. The van der Waals surface area contributed by atoms with Crippen molar-refractivity contribution in [2.75, 3.05) is 0 Å². The maximum Gasteiger partial charge on any atom is 0.126 e. The van der Waals surface area contributed by atoms with E-state index >= 15 is 0 Å². The van der Waals surface area contributed by atoms with E-state index in [-0.39, 0.29) is 11.5 Å². The second kappa shape index (κ2) is 5.76. The highest BCUT2D eigenvalue weighted by Gasteiger charge is 2.13. The van der Waals surface area contributed by atoms with Gasteiger partial charge in [0, 0.05) is 11.1 Å². The Morgan fingerprint density at radius 1 is 0.941 bits per heavy atom. The first-order valence-electron chi connectivity index (χ1n) is 6.18. The van der Waals surface area contributed by atoms with Gasteiger partial charge < -0.3 is 10.2 Å². The molecule has 0 unspecified atom stereocenters. The van der Waals surface area contributed by atoms with Crippen molar-refractivity contribution in [3.63, 3.8) is 0 Å². The number of rotatable bonds is 4. The lowest BCUT2D eigenvalue weighted by molar-refractivity contribution is 0.448. The number of phenols is 2. The Morgan fingerprint density at radius 3 is 2.12 bits per heavy atom. The maximum absolute atomic E-state index is 10.1. The van der Waals surface area contributed by atoms with Gasteiger partial charge in [0.25, 0.3) is 0 Å². The van der Waals surface area contributed by atoms with Crippen LogP contribution in [0.15, 0.2) is 6.08 Å². The van der Waals surface area contributed by atoms with Crippen molar-refractivity contribution in [1.82, 2.24) is 0 Å². The number of phenolic OH excluding ortho intramolecular Hbond substituents is 2. The molecule has 0 aliphatic heterocycles. The zero-order valence-electron chi connectivity index (χ0n) is 11.2. The fourth-order valence-corrected chi connectivity index (χ4v) is 1.87. The highest BCUT2D eigenvalue weighted by Crippen LogP contribution is 2.36. The van der Waals surface area contributed by atoms with E-state index in [1.54, 1.807) is 0 Å². The monoisotopic (exact) mass is 234 g/mol. The third kappa shape index (κ3) is 2.82. The molecule has 1 rings (SSSR count). The lowest BCUT2D eigenvalue weighted by Gasteiger charge is -2.13. The Hall–Kier alpha value is -1.44. The minimum Gasteiger partial charge on any atom is -0.507 e. The third-order valence-corrected chi connectivity index (χ3v) is 3.30. The van der Waals surface area contributed by atoms with Crippen LogP contribution in [-0.4, -0.2) is 10.2 Å². The summed E-state index contributed by atoms with van der Waals surface area (Å²) in [5.41, 5.74) is 2.99. The summed E-state index contributed by atoms with van der Waals surface area (Å²) in [4.78, 5) is 0. The molecule has 0 aromatic heterocycles.